The normalized spacial score (nSPS) is 10.3. The van der Waals surface area contributed by atoms with Gasteiger partial charge in [0.05, 0.1) is 7.11 Å². The second kappa shape index (κ2) is 5.75. The number of hydrogen-bond acceptors (Lipinski definition) is 4. The highest BCUT2D eigenvalue weighted by atomic mass is 35.5. The summed E-state index contributed by atoms with van der Waals surface area (Å²) in [6.07, 6.45) is 2.84. The second-order valence-electron chi connectivity index (χ2n) is 3.75. The Kier molecular flexibility index (Phi) is 4.06. The average molecular weight is 281 g/mol. The molecule has 0 saturated carbocycles. The molecule has 2 aromatic rings. The Balaban J connectivity index is 2.26. The van der Waals surface area contributed by atoms with Gasteiger partial charge < -0.3 is 4.74 Å². The van der Waals surface area contributed by atoms with Crippen molar-refractivity contribution in [2.24, 2.45) is 0 Å². The van der Waals surface area contributed by atoms with Crippen molar-refractivity contribution in [1.29, 1.82) is 0 Å². The first-order valence-corrected chi connectivity index (χ1v) is 5.81. The lowest BCUT2D eigenvalue weighted by Gasteiger charge is -2.06. The SMILES string of the molecule is COc1nccnc1C(=O)Cc1ccc(F)cc1Cl. The van der Waals surface area contributed by atoms with E-state index in [0.29, 0.717) is 5.56 Å². The van der Waals surface area contributed by atoms with Gasteiger partial charge in [-0.2, -0.15) is 0 Å². The quantitative estimate of drug-likeness (QED) is 0.808. The summed E-state index contributed by atoms with van der Waals surface area (Å²) in [5.41, 5.74) is 0.658. The van der Waals surface area contributed by atoms with Crippen LogP contribution in [0.2, 0.25) is 5.02 Å². The summed E-state index contributed by atoms with van der Waals surface area (Å²) in [4.78, 5) is 19.9. The van der Waals surface area contributed by atoms with Gasteiger partial charge in [-0.15, -0.1) is 0 Å². The highest BCUT2D eigenvalue weighted by molar-refractivity contribution is 6.31. The lowest BCUT2D eigenvalue weighted by atomic mass is 10.1. The minimum absolute atomic E-state index is 0.00810. The fourth-order valence-electron chi connectivity index (χ4n) is 1.59. The van der Waals surface area contributed by atoms with Gasteiger partial charge in [0.1, 0.15) is 5.82 Å². The van der Waals surface area contributed by atoms with Crippen LogP contribution in [0.1, 0.15) is 16.1 Å². The van der Waals surface area contributed by atoms with Crippen molar-refractivity contribution in [1.82, 2.24) is 9.97 Å². The smallest absolute Gasteiger partial charge is 0.243 e. The summed E-state index contributed by atoms with van der Waals surface area (Å²) in [5, 5.41) is 0.205. The summed E-state index contributed by atoms with van der Waals surface area (Å²) < 4.78 is 17.9. The molecule has 0 aliphatic rings. The molecule has 98 valence electrons. The fraction of sp³-hybridized carbons (Fsp3) is 0.154. The minimum atomic E-state index is -0.446. The van der Waals surface area contributed by atoms with Crippen LogP contribution >= 0.6 is 11.6 Å². The number of halogens is 2. The number of methoxy groups -OCH3 is 1. The molecule has 0 radical (unpaired) electrons. The van der Waals surface area contributed by atoms with Crippen LogP contribution in [0.3, 0.4) is 0 Å². The van der Waals surface area contributed by atoms with Crippen LogP contribution in [-0.4, -0.2) is 22.9 Å². The summed E-state index contributed by atoms with van der Waals surface area (Å²) in [6, 6.07) is 3.89. The molecule has 0 unspecified atom stereocenters. The van der Waals surface area contributed by atoms with Crippen molar-refractivity contribution in [2.75, 3.05) is 7.11 Å². The number of benzene rings is 1. The van der Waals surface area contributed by atoms with E-state index in [0.717, 1.165) is 6.07 Å². The van der Waals surface area contributed by atoms with Crippen LogP contribution < -0.4 is 4.74 Å². The number of hydrogen-bond donors (Lipinski definition) is 0. The monoisotopic (exact) mass is 280 g/mol. The van der Waals surface area contributed by atoms with Gasteiger partial charge >= 0.3 is 0 Å². The maximum Gasteiger partial charge on any atom is 0.243 e. The van der Waals surface area contributed by atoms with Crippen LogP contribution in [0.4, 0.5) is 4.39 Å². The molecule has 0 saturated heterocycles. The molecule has 2 rings (SSSR count). The zero-order valence-corrected chi connectivity index (χ0v) is 10.8. The minimum Gasteiger partial charge on any atom is -0.479 e. The molecule has 1 aromatic carbocycles. The molecular weight excluding hydrogens is 271 g/mol. The zero-order chi connectivity index (χ0) is 13.8. The van der Waals surface area contributed by atoms with E-state index in [1.807, 2.05) is 0 Å². The number of aromatic nitrogens is 2. The number of nitrogens with zero attached hydrogens (tertiary/aromatic N) is 2. The zero-order valence-electron chi connectivity index (χ0n) is 10.1. The Morgan fingerprint density at radius 1 is 1.37 bits per heavy atom. The molecule has 19 heavy (non-hydrogen) atoms. The van der Waals surface area contributed by atoms with Gasteiger partial charge in [-0.1, -0.05) is 17.7 Å². The van der Waals surface area contributed by atoms with E-state index in [-0.39, 0.29) is 28.8 Å². The molecule has 0 spiro atoms. The molecule has 4 nitrogen and oxygen atoms in total. The number of Topliss-reactive ketones (excluding diaryl/α,β-unsaturated/α-hetero) is 1. The predicted molar refractivity (Wildman–Crippen MR) is 68.0 cm³/mol. The predicted octanol–water partition coefficient (Wildman–Crippen LogP) is 2.70. The number of ether oxygens (including phenoxy) is 1. The summed E-state index contributed by atoms with van der Waals surface area (Å²) in [6.45, 7) is 0. The lowest BCUT2D eigenvalue weighted by Crippen LogP contribution is -2.09. The maximum atomic E-state index is 12.9. The van der Waals surface area contributed by atoms with Gasteiger partial charge in [-0.25, -0.2) is 14.4 Å². The van der Waals surface area contributed by atoms with E-state index in [2.05, 4.69) is 9.97 Å². The Hall–Kier alpha value is -2.01. The van der Waals surface area contributed by atoms with Crippen LogP contribution in [0.5, 0.6) is 5.88 Å². The van der Waals surface area contributed by atoms with Crippen molar-refractivity contribution >= 4 is 17.4 Å². The van der Waals surface area contributed by atoms with Crippen molar-refractivity contribution < 1.29 is 13.9 Å². The van der Waals surface area contributed by atoms with Crippen LogP contribution in [0.15, 0.2) is 30.6 Å². The highest BCUT2D eigenvalue weighted by Crippen LogP contribution is 2.20. The largest absolute Gasteiger partial charge is 0.479 e. The Bertz CT molecular complexity index is 619. The Morgan fingerprint density at radius 2 is 2.11 bits per heavy atom. The molecule has 1 heterocycles. The molecule has 0 atom stereocenters. The van der Waals surface area contributed by atoms with Gasteiger partial charge in [0.25, 0.3) is 0 Å². The van der Waals surface area contributed by atoms with E-state index < -0.39 is 5.82 Å². The van der Waals surface area contributed by atoms with Gasteiger partial charge in [-0.05, 0) is 17.7 Å². The number of ketones is 1. The third kappa shape index (κ3) is 3.06. The topological polar surface area (TPSA) is 52.1 Å². The molecule has 0 N–H and O–H groups in total. The molecule has 0 fully saturated rings. The molecule has 0 amide bonds. The van der Waals surface area contributed by atoms with Crippen LogP contribution in [0, 0.1) is 5.82 Å². The summed E-state index contributed by atoms with van der Waals surface area (Å²) in [5.74, 6) is -0.581. The Labute approximate surface area is 114 Å². The van der Waals surface area contributed by atoms with Crippen LogP contribution in [0.25, 0.3) is 0 Å². The lowest BCUT2D eigenvalue weighted by molar-refractivity contribution is 0.0984. The van der Waals surface area contributed by atoms with Gasteiger partial charge in [-0.3, -0.25) is 4.79 Å². The first kappa shape index (κ1) is 13.4. The van der Waals surface area contributed by atoms with Crippen molar-refractivity contribution in [3.63, 3.8) is 0 Å². The number of carbonyl (C=O) groups excluding carboxylic acids is 1. The van der Waals surface area contributed by atoms with E-state index in [4.69, 9.17) is 16.3 Å². The number of carbonyl (C=O) groups is 1. The van der Waals surface area contributed by atoms with Crippen LogP contribution in [-0.2, 0) is 6.42 Å². The van der Waals surface area contributed by atoms with Crippen molar-refractivity contribution in [3.05, 3.63) is 52.7 Å². The second-order valence-corrected chi connectivity index (χ2v) is 4.16. The molecule has 1 aromatic heterocycles. The fourth-order valence-corrected chi connectivity index (χ4v) is 1.82. The van der Waals surface area contributed by atoms with Gasteiger partial charge in [0.15, 0.2) is 11.5 Å². The van der Waals surface area contributed by atoms with Gasteiger partial charge in [0.2, 0.25) is 5.88 Å². The first-order chi connectivity index (χ1) is 9.11. The highest BCUT2D eigenvalue weighted by Gasteiger charge is 2.16. The van der Waals surface area contributed by atoms with E-state index >= 15 is 0 Å². The average Bonchev–Trinajstić information content (AvgIpc) is 2.41. The van der Waals surface area contributed by atoms with Crippen molar-refractivity contribution in [3.8, 4) is 5.88 Å². The third-order valence-electron chi connectivity index (χ3n) is 2.49. The molecule has 0 aliphatic carbocycles. The Morgan fingerprint density at radius 3 is 2.79 bits per heavy atom. The van der Waals surface area contributed by atoms with Crippen molar-refractivity contribution in [2.45, 2.75) is 6.42 Å². The van der Waals surface area contributed by atoms with E-state index in [1.54, 1.807) is 0 Å². The van der Waals surface area contributed by atoms with E-state index in [1.165, 1.54) is 31.6 Å². The number of rotatable bonds is 4. The standard InChI is InChI=1S/C13H10ClFN2O2/c1-19-13-12(16-4-5-17-13)11(18)6-8-2-3-9(15)7-10(8)14/h2-5,7H,6H2,1H3. The summed E-state index contributed by atoms with van der Waals surface area (Å²) >= 11 is 5.88. The molecule has 0 bridgehead atoms. The van der Waals surface area contributed by atoms with E-state index in [9.17, 15) is 9.18 Å². The molecular formula is C13H10ClFN2O2. The summed E-state index contributed by atoms with van der Waals surface area (Å²) in [7, 11) is 1.41. The molecule has 6 heteroatoms. The molecule has 0 aliphatic heterocycles. The first-order valence-electron chi connectivity index (χ1n) is 5.44. The third-order valence-corrected chi connectivity index (χ3v) is 2.84. The van der Waals surface area contributed by atoms with Gasteiger partial charge in [0, 0.05) is 23.8 Å². The maximum absolute atomic E-state index is 12.9.